The summed E-state index contributed by atoms with van der Waals surface area (Å²) in [5, 5.41) is 3.59. The third-order valence-electron chi connectivity index (χ3n) is 3.96. The second-order valence-electron chi connectivity index (χ2n) is 6.76. The first-order valence-corrected chi connectivity index (χ1v) is 6.97. The molecule has 0 aliphatic heterocycles. The highest BCUT2D eigenvalue weighted by atomic mass is 14.9. The van der Waals surface area contributed by atoms with E-state index in [1.807, 2.05) is 0 Å². The van der Waals surface area contributed by atoms with Gasteiger partial charge in [-0.05, 0) is 48.3 Å². The van der Waals surface area contributed by atoms with E-state index < -0.39 is 0 Å². The van der Waals surface area contributed by atoms with Crippen molar-refractivity contribution in [3.05, 3.63) is 29.3 Å². The maximum atomic E-state index is 5.82. The summed E-state index contributed by atoms with van der Waals surface area (Å²) in [5.74, 6) is 0.762. The molecule has 2 nitrogen and oxygen atoms in total. The minimum absolute atomic E-state index is 0.211. The zero-order valence-electron chi connectivity index (χ0n) is 12.1. The molecule has 100 valence electrons. The molecule has 0 saturated heterocycles. The quantitative estimate of drug-likeness (QED) is 0.857. The van der Waals surface area contributed by atoms with Gasteiger partial charge in [0.25, 0.3) is 0 Å². The Bertz CT molecular complexity index is 412. The van der Waals surface area contributed by atoms with Gasteiger partial charge in [0.2, 0.25) is 0 Å². The third-order valence-corrected chi connectivity index (χ3v) is 3.96. The maximum absolute atomic E-state index is 5.82. The second kappa shape index (κ2) is 4.93. The molecule has 0 atom stereocenters. The van der Waals surface area contributed by atoms with Crippen LogP contribution >= 0.6 is 0 Å². The van der Waals surface area contributed by atoms with Gasteiger partial charge in [-0.1, -0.05) is 32.9 Å². The van der Waals surface area contributed by atoms with Gasteiger partial charge in [-0.15, -0.1) is 0 Å². The Kier molecular flexibility index (Phi) is 3.67. The normalized spacial score (nSPS) is 23.6. The predicted molar refractivity (Wildman–Crippen MR) is 79.1 cm³/mol. The summed E-state index contributed by atoms with van der Waals surface area (Å²) in [5.41, 5.74) is 10.0. The highest BCUT2D eigenvalue weighted by Crippen LogP contribution is 2.29. The standard InChI is InChI=1S/C16H26N2/c1-11-5-6-13(16(2,3)4)9-15(11)18-10-12-7-14(17)8-12/h5-6,9,12,14,18H,7-8,10,17H2,1-4H3. The highest BCUT2D eigenvalue weighted by Gasteiger charge is 2.25. The van der Waals surface area contributed by atoms with Gasteiger partial charge in [0.05, 0.1) is 0 Å². The molecule has 2 heteroatoms. The molecule has 0 unspecified atom stereocenters. The number of rotatable bonds is 3. The molecule has 18 heavy (non-hydrogen) atoms. The van der Waals surface area contributed by atoms with Crippen molar-refractivity contribution < 1.29 is 0 Å². The highest BCUT2D eigenvalue weighted by molar-refractivity contribution is 5.53. The van der Waals surface area contributed by atoms with Crippen LogP contribution in [0.5, 0.6) is 0 Å². The minimum Gasteiger partial charge on any atom is -0.385 e. The monoisotopic (exact) mass is 246 g/mol. The molecule has 0 amide bonds. The average Bonchev–Trinajstić information content (AvgIpc) is 2.23. The molecule has 1 aromatic carbocycles. The van der Waals surface area contributed by atoms with E-state index in [2.05, 4.69) is 51.2 Å². The molecule has 0 radical (unpaired) electrons. The lowest BCUT2D eigenvalue weighted by Crippen LogP contribution is -2.39. The molecular weight excluding hydrogens is 220 g/mol. The fourth-order valence-corrected chi connectivity index (χ4v) is 2.49. The Morgan fingerprint density at radius 1 is 1.28 bits per heavy atom. The third kappa shape index (κ3) is 3.05. The van der Waals surface area contributed by atoms with Crippen molar-refractivity contribution in [1.29, 1.82) is 0 Å². The van der Waals surface area contributed by atoms with Crippen LogP contribution in [0.15, 0.2) is 18.2 Å². The Hall–Kier alpha value is -1.02. The van der Waals surface area contributed by atoms with Crippen LogP contribution in [-0.2, 0) is 5.41 Å². The van der Waals surface area contributed by atoms with Crippen molar-refractivity contribution >= 4 is 5.69 Å². The molecule has 1 aliphatic rings. The average molecular weight is 246 g/mol. The first-order chi connectivity index (χ1) is 8.36. The van der Waals surface area contributed by atoms with Gasteiger partial charge in [-0.25, -0.2) is 0 Å². The summed E-state index contributed by atoms with van der Waals surface area (Å²) in [7, 11) is 0. The van der Waals surface area contributed by atoms with Crippen LogP contribution in [-0.4, -0.2) is 12.6 Å². The Morgan fingerprint density at radius 2 is 1.94 bits per heavy atom. The fraction of sp³-hybridized carbons (Fsp3) is 0.625. The smallest absolute Gasteiger partial charge is 0.0372 e. The van der Waals surface area contributed by atoms with Crippen LogP contribution in [0.25, 0.3) is 0 Å². The van der Waals surface area contributed by atoms with Crippen molar-refractivity contribution in [2.45, 2.75) is 52.0 Å². The SMILES string of the molecule is Cc1ccc(C(C)(C)C)cc1NCC1CC(N)C1. The van der Waals surface area contributed by atoms with E-state index in [4.69, 9.17) is 5.73 Å². The van der Waals surface area contributed by atoms with Gasteiger partial charge in [0.1, 0.15) is 0 Å². The molecule has 1 fully saturated rings. The van der Waals surface area contributed by atoms with Gasteiger partial charge in [0.15, 0.2) is 0 Å². The van der Waals surface area contributed by atoms with Crippen LogP contribution < -0.4 is 11.1 Å². The summed E-state index contributed by atoms with van der Waals surface area (Å²) >= 11 is 0. The van der Waals surface area contributed by atoms with Crippen LogP contribution in [0.1, 0.15) is 44.7 Å². The molecule has 0 aromatic heterocycles. The number of nitrogens with one attached hydrogen (secondary N) is 1. The molecule has 0 bridgehead atoms. The number of hydrogen-bond acceptors (Lipinski definition) is 2. The van der Waals surface area contributed by atoms with Crippen molar-refractivity contribution in [3.63, 3.8) is 0 Å². The van der Waals surface area contributed by atoms with Crippen LogP contribution in [0.2, 0.25) is 0 Å². The summed E-state index contributed by atoms with van der Waals surface area (Å²) < 4.78 is 0. The zero-order valence-corrected chi connectivity index (χ0v) is 12.1. The van der Waals surface area contributed by atoms with Crippen LogP contribution in [0, 0.1) is 12.8 Å². The van der Waals surface area contributed by atoms with Gasteiger partial charge in [-0.3, -0.25) is 0 Å². The first kappa shape index (κ1) is 13.4. The summed E-state index contributed by atoms with van der Waals surface area (Å²) in [6.45, 7) is 9.99. The minimum atomic E-state index is 0.211. The summed E-state index contributed by atoms with van der Waals surface area (Å²) in [6, 6.07) is 7.20. The van der Waals surface area contributed by atoms with E-state index in [-0.39, 0.29) is 5.41 Å². The summed E-state index contributed by atoms with van der Waals surface area (Å²) in [4.78, 5) is 0. The van der Waals surface area contributed by atoms with Crippen molar-refractivity contribution in [2.75, 3.05) is 11.9 Å². The van der Waals surface area contributed by atoms with E-state index in [1.54, 1.807) is 0 Å². The lowest BCUT2D eigenvalue weighted by molar-refractivity contribution is 0.280. The number of nitrogens with two attached hydrogens (primary N) is 1. The Labute approximate surface area is 111 Å². The van der Waals surface area contributed by atoms with Gasteiger partial charge in [-0.2, -0.15) is 0 Å². The number of benzene rings is 1. The molecule has 0 heterocycles. The largest absolute Gasteiger partial charge is 0.385 e. The van der Waals surface area contributed by atoms with Crippen molar-refractivity contribution in [3.8, 4) is 0 Å². The van der Waals surface area contributed by atoms with E-state index in [0.29, 0.717) is 6.04 Å². The molecule has 1 aromatic rings. The molecule has 1 saturated carbocycles. The van der Waals surface area contributed by atoms with E-state index in [0.717, 1.165) is 12.5 Å². The molecule has 0 spiro atoms. The lowest BCUT2D eigenvalue weighted by atomic mass is 9.81. The first-order valence-electron chi connectivity index (χ1n) is 6.97. The predicted octanol–water partition coefficient (Wildman–Crippen LogP) is 3.44. The van der Waals surface area contributed by atoms with Gasteiger partial charge in [0, 0.05) is 18.3 Å². The lowest BCUT2D eigenvalue weighted by Gasteiger charge is -2.33. The Morgan fingerprint density at radius 3 is 2.50 bits per heavy atom. The molecule has 2 rings (SSSR count). The number of hydrogen-bond donors (Lipinski definition) is 2. The second-order valence-corrected chi connectivity index (χ2v) is 6.76. The van der Waals surface area contributed by atoms with E-state index in [1.165, 1.54) is 29.7 Å². The maximum Gasteiger partial charge on any atom is 0.0372 e. The molecule has 3 N–H and O–H groups in total. The number of aryl methyl sites for hydroxylation is 1. The Balaban J connectivity index is 2.02. The van der Waals surface area contributed by atoms with Gasteiger partial charge >= 0.3 is 0 Å². The summed E-state index contributed by atoms with van der Waals surface area (Å²) in [6.07, 6.45) is 2.34. The molecular formula is C16H26N2. The number of anilines is 1. The van der Waals surface area contributed by atoms with Crippen LogP contribution in [0.4, 0.5) is 5.69 Å². The fourth-order valence-electron chi connectivity index (χ4n) is 2.49. The van der Waals surface area contributed by atoms with E-state index in [9.17, 15) is 0 Å². The van der Waals surface area contributed by atoms with Crippen molar-refractivity contribution in [2.24, 2.45) is 11.7 Å². The molecule has 1 aliphatic carbocycles. The zero-order chi connectivity index (χ0) is 13.3. The van der Waals surface area contributed by atoms with Crippen molar-refractivity contribution in [1.82, 2.24) is 0 Å². The topological polar surface area (TPSA) is 38.0 Å². The van der Waals surface area contributed by atoms with Gasteiger partial charge < -0.3 is 11.1 Å². The van der Waals surface area contributed by atoms with Crippen LogP contribution in [0.3, 0.4) is 0 Å². The van der Waals surface area contributed by atoms with E-state index >= 15 is 0 Å².